The molecule has 3 atom stereocenters. The Bertz CT molecular complexity index is 1730. The van der Waals surface area contributed by atoms with E-state index in [1.165, 1.54) is 17.6 Å². The molecule has 0 saturated heterocycles. The van der Waals surface area contributed by atoms with Crippen LogP contribution in [0.5, 0.6) is 11.5 Å². The average Bonchev–Trinajstić information content (AvgIpc) is 3.46. The van der Waals surface area contributed by atoms with E-state index < -0.39 is 17.2 Å². The van der Waals surface area contributed by atoms with Crippen LogP contribution in [0.4, 0.5) is 13.2 Å². The fourth-order valence-corrected chi connectivity index (χ4v) is 6.72. The van der Waals surface area contributed by atoms with Crippen LogP contribution in [0.25, 0.3) is 22.3 Å². The molecule has 0 amide bonds. The van der Waals surface area contributed by atoms with Crippen LogP contribution in [0.15, 0.2) is 66.7 Å². The van der Waals surface area contributed by atoms with E-state index in [1.807, 2.05) is 6.07 Å². The van der Waals surface area contributed by atoms with Gasteiger partial charge in [-0.2, -0.15) is 13.2 Å². The number of rotatable bonds is 9. The number of alkyl halides is 3. The van der Waals surface area contributed by atoms with Crippen LogP contribution in [0.3, 0.4) is 0 Å². The smallest absolute Gasteiger partial charge is 0.416 e. The van der Waals surface area contributed by atoms with Crippen molar-refractivity contribution in [2.45, 2.75) is 59.0 Å². The van der Waals surface area contributed by atoms with Crippen molar-refractivity contribution in [1.29, 1.82) is 0 Å². The Morgan fingerprint density at radius 3 is 1.89 bits per heavy atom. The van der Waals surface area contributed by atoms with E-state index in [0.29, 0.717) is 42.1 Å². The van der Waals surface area contributed by atoms with Crippen LogP contribution in [0.1, 0.15) is 68.4 Å². The molecule has 4 aromatic carbocycles. The average molecular weight is 594 g/mol. The number of benzene rings is 4. The van der Waals surface area contributed by atoms with Gasteiger partial charge in [-0.05, 0) is 80.6 Å². The Labute approximate surface area is 260 Å². The molecule has 6 rings (SSSR count). The highest BCUT2D eigenvalue weighted by Crippen LogP contribution is 2.64. The largest absolute Gasteiger partial charge is 0.489 e. The van der Waals surface area contributed by atoms with Gasteiger partial charge in [0, 0.05) is 0 Å². The highest BCUT2D eigenvalue weighted by Gasteiger charge is 2.53. The van der Waals surface area contributed by atoms with Gasteiger partial charge in [0.05, 0.1) is 24.2 Å². The van der Waals surface area contributed by atoms with Gasteiger partial charge in [-0.25, -0.2) is 0 Å². The minimum absolute atomic E-state index is 0.324. The number of hydrogen-bond donors (Lipinski definition) is 0. The summed E-state index contributed by atoms with van der Waals surface area (Å²) in [5.74, 6) is 1.89. The second-order valence-electron chi connectivity index (χ2n) is 12.8. The van der Waals surface area contributed by atoms with Gasteiger partial charge in [-0.1, -0.05) is 101 Å². The zero-order valence-corrected chi connectivity index (χ0v) is 26.5. The van der Waals surface area contributed by atoms with Crippen molar-refractivity contribution in [2.75, 3.05) is 13.2 Å². The maximum atomic E-state index is 14.2. The standard InChI is InChI=1S/C37H39B2F3O2/c1-6-21(3)19-43-34-17-29-28-14-23(37(40,41)42)8-13-30(28)36(33(29)18-35(34)44-20-22(4)7-2)31-15-24(38)9-11-26(31)27-12-10-25(39-5)16-32(27)36/h8-18,21-22,39H,6-7,19-20,38H2,1-5H3. The van der Waals surface area contributed by atoms with E-state index in [1.54, 1.807) is 6.07 Å². The predicted molar refractivity (Wildman–Crippen MR) is 178 cm³/mol. The Kier molecular flexibility index (Phi) is 7.88. The highest BCUT2D eigenvalue weighted by molar-refractivity contribution is 6.52. The van der Waals surface area contributed by atoms with Gasteiger partial charge in [0.1, 0.15) is 7.85 Å². The minimum Gasteiger partial charge on any atom is -0.489 e. The first-order valence-corrected chi connectivity index (χ1v) is 15.9. The SMILES string of the molecule is Bc1ccc2c(c1)C1(c3ccc(C(F)(F)F)cc3-c3cc(OCC(C)CC)c(OCC(C)CC)cc31)c1cc(BC)ccc1-2. The second kappa shape index (κ2) is 11.4. The molecule has 0 aromatic heterocycles. The summed E-state index contributed by atoms with van der Waals surface area (Å²) >= 11 is 0. The molecule has 2 nitrogen and oxygen atoms in total. The van der Waals surface area contributed by atoms with Crippen LogP contribution in [-0.4, -0.2) is 28.3 Å². The predicted octanol–water partition coefficient (Wildman–Crippen LogP) is 7.27. The summed E-state index contributed by atoms with van der Waals surface area (Å²) in [6.45, 7) is 11.7. The van der Waals surface area contributed by atoms with Gasteiger partial charge < -0.3 is 9.47 Å². The van der Waals surface area contributed by atoms with Crippen molar-refractivity contribution >= 4 is 26.1 Å². The number of ether oxygens (including phenoxy) is 2. The molecule has 0 radical (unpaired) electrons. The molecule has 0 fully saturated rings. The molecule has 226 valence electrons. The van der Waals surface area contributed by atoms with Crippen molar-refractivity contribution in [3.05, 3.63) is 94.5 Å². The topological polar surface area (TPSA) is 18.5 Å². The molecule has 0 bridgehead atoms. The van der Waals surface area contributed by atoms with Crippen molar-refractivity contribution in [1.82, 2.24) is 0 Å². The Morgan fingerprint density at radius 2 is 1.27 bits per heavy atom. The van der Waals surface area contributed by atoms with Crippen LogP contribution in [0.2, 0.25) is 6.82 Å². The van der Waals surface area contributed by atoms with Crippen LogP contribution in [0, 0.1) is 11.8 Å². The van der Waals surface area contributed by atoms with Crippen molar-refractivity contribution in [3.63, 3.8) is 0 Å². The summed E-state index contributed by atoms with van der Waals surface area (Å²) in [4.78, 5) is 0. The zero-order chi connectivity index (χ0) is 31.4. The lowest BCUT2D eigenvalue weighted by molar-refractivity contribution is -0.137. The molecule has 7 heteroatoms. The van der Waals surface area contributed by atoms with E-state index in [-0.39, 0.29) is 0 Å². The molecular weight excluding hydrogens is 555 g/mol. The van der Waals surface area contributed by atoms with Crippen LogP contribution in [-0.2, 0) is 11.6 Å². The molecule has 44 heavy (non-hydrogen) atoms. The van der Waals surface area contributed by atoms with Gasteiger partial charge in [0.2, 0.25) is 0 Å². The third-order valence-corrected chi connectivity index (χ3v) is 9.74. The van der Waals surface area contributed by atoms with Crippen molar-refractivity contribution < 1.29 is 22.6 Å². The van der Waals surface area contributed by atoms with Crippen molar-refractivity contribution in [2.24, 2.45) is 11.8 Å². The summed E-state index contributed by atoms with van der Waals surface area (Å²) in [7, 11) is 2.93. The number of halogens is 3. The van der Waals surface area contributed by atoms with E-state index in [4.69, 9.17) is 9.47 Å². The van der Waals surface area contributed by atoms with Gasteiger partial charge >= 0.3 is 6.18 Å². The third kappa shape index (κ3) is 4.83. The van der Waals surface area contributed by atoms with E-state index in [2.05, 4.69) is 84.8 Å². The number of fused-ring (bicyclic) bond motifs is 10. The molecule has 0 saturated carbocycles. The fourth-order valence-electron chi connectivity index (χ4n) is 6.72. The Balaban J connectivity index is 1.70. The molecule has 0 aliphatic heterocycles. The minimum atomic E-state index is -4.46. The summed E-state index contributed by atoms with van der Waals surface area (Å²) < 4.78 is 55.5. The lowest BCUT2D eigenvalue weighted by atomic mass is 9.66. The molecule has 2 aliphatic rings. The van der Waals surface area contributed by atoms with E-state index in [0.717, 1.165) is 64.5 Å². The maximum absolute atomic E-state index is 14.2. The lowest BCUT2D eigenvalue weighted by Gasteiger charge is -2.31. The van der Waals surface area contributed by atoms with Gasteiger partial charge in [0.15, 0.2) is 18.8 Å². The molecule has 3 unspecified atom stereocenters. The molecular formula is C37H39B2F3O2. The molecule has 0 N–H and O–H groups in total. The van der Waals surface area contributed by atoms with Gasteiger partial charge in [-0.15, -0.1) is 0 Å². The summed E-state index contributed by atoms with van der Waals surface area (Å²) in [5, 5.41) is 0. The Hall–Kier alpha value is -3.60. The van der Waals surface area contributed by atoms with Gasteiger partial charge in [-0.3, -0.25) is 0 Å². The number of hydrogen-bond acceptors (Lipinski definition) is 2. The van der Waals surface area contributed by atoms with Crippen LogP contribution < -0.4 is 20.4 Å². The lowest BCUT2D eigenvalue weighted by Crippen LogP contribution is -2.28. The fraction of sp³-hybridized carbons (Fsp3) is 0.351. The quantitative estimate of drug-likeness (QED) is 0.164. The first-order valence-electron chi connectivity index (χ1n) is 15.9. The highest BCUT2D eigenvalue weighted by atomic mass is 19.4. The molecule has 0 heterocycles. The monoisotopic (exact) mass is 594 g/mol. The summed E-state index contributed by atoms with van der Waals surface area (Å²) in [5.41, 5.74) is 8.49. The second-order valence-corrected chi connectivity index (χ2v) is 12.8. The van der Waals surface area contributed by atoms with Crippen LogP contribution >= 0.6 is 0 Å². The normalized spacial score (nSPS) is 17.5. The molecule has 2 aliphatic carbocycles. The van der Waals surface area contributed by atoms with Gasteiger partial charge in [0.25, 0.3) is 0 Å². The molecule has 4 aromatic rings. The van der Waals surface area contributed by atoms with Crippen molar-refractivity contribution in [3.8, 4) is 33.8 Å². The zero-order valence-electron chi connectivity index (χ0n) is 26.5. The van der Waals surface area contributed by atoms with E-state index >= 15 is 0 Å². The first-order chi connectivity index (χ1) is 21.0. The molecule has 1 spiro atoms. The summed E-state index contributed by atoms with van der Waals surface area (Å²) in [6, 6.07) is 21.4. The van der Waals surface area contributed by atoms with E-state index in [9.17, 15) is 13.2 Å². The maximum Gasteiger partial charge on any atom is 0.416 e. The summed E-state index contributed by atoms with van der Waals surface area (Å²) in [6.07, 6.45) is -2.53. The first kappa shape index (κ1) is 30.4. The third-order valence-electron chi connectivity index (χ3n) is 9.74. The Morgan fingerprint density at radius 1 is 0.705 bits per heavy atom.